The zero-order valence-electron chi connectivity index (χ0n) is 8.64. The maximum Gasteiger partial charge on any atom is 0.372 e. The number of hydrogen-bond donors (Lipinski definition) is 1. The number of hydrogen-bond acceptors (Lipinski definition) is 5. The Hall–Kier alpha value is -1.89. The maximum atomic E-state index is 10.9. The van der Waals surface area contributed by atoms with Gasteiger partial charge in [-0.3, -0.25) is 0 Å². The molecule has 2 aromatic rings. The van der Waals surface area contributed by atoms with Gasteiger partial charge in [-0.1, -0.05) is 23.5 Å². The standard InChI is InChI=1S/C9H10N4O2S/c1-6(2)5-10-7-8(13(14)15)12-3-4-16-9(12)11-7/h3-4,10H,1,5H2,2H3. The van der Waals surface area contributed by atoms with Gasteiger partial charge in [0.15, 0.2) is 0 Å². The minimum atomic E-state index is -0.437. The van der Waals surface area contributed by atoms with Gasteiger partial charge < -0.3 is 15.4 Å². The van der Waals surface area contributed by atoms with Gasteiger partial charge in [0.2, 0.25) is 5.82 Å². The highest BCUT2D eigenvalue weighted by Crippen LogP contribution is 2.27. The highest BCUT2D eigenvalue weighted by atomic mass is 32.1. The van der Waals surface area contributed by atoms with Crippen LogP contribution >= 0.6 is 11.3 Å². The highest BCUT2D eigenvalue weighted by molar-refractivity contribution is 7.15. The van der Waals surface area contributed by atoms with Crippen LogP contribution in [0.4, 0.5) is 11.6 Å². The number of aromatic nitrogens is 2. The summed E-state index contributed by atoms with van der Waals surface area (Å²) in [6.45, 7) is 6.04. The molecule has 2 rings (SSSR count). The molecule has 0 aliphatic heterocycles. The summed E-state index contributed by atoms with van der Waals surface area (Å²) in [7, 11) is 0. The molecule has 0 saturated heterocycles. The summed E-state index contributed by atoms with van der Waals surface area (Å²) >= 11 is 1.36. The van der Waals surface area contributed by atoms with Crippen molar-refractivity contribution >= 4 is 27.9 Å². The lowest BCUT2D eigenvalue weighted by atomic mass is 10.3. The summed E-state index contributed by atoms with van der Waals surface area (Å²) in [6.07, 6.45) is 1.64. The van der Waals surface area contributed by atoms with E-state index in [4.69, 9.17) is 0 Å². The molecule has 0 unspecified atom stereocenters. The summed E-state index contributed by atoms with van der Waals surface area (Å²) < 4.78 is 1.46. The Morgan fingerprint density at radius 1 is 1.81 bits per heavy atom. The summed E-state index contributed by atoms with van der Waals surface area (Å²) in [5.41, 5.74) is 0.894. The normalized spacial score (nSPS) is 10.6. The van der Waals surface area contributed by atoms with E-state index >= 15 is 0 Å². The van der Waals surface area contributed by atoms with Crippen molar-refractivity contribution in [3.05, 3.63) is 33.8 Å². The van der Waals surface area contributed by atoms with Crippen LogP contribution in [-0.4, -0.2) is 20.9 Å². The maximum absolute atomic E-state index is 10.9. The molecular weight excluding hydrogens is 228 g/mol. The van der Waals surface area contributed by atoms with Crippen molar-refractivity contribution in [1.82, 2.24) is 9.38 Å². The number of anilines is 1. The van der Waals surface area contributed by atoms with Crippen LogP contribution in [0.15, 0.2) is 23.7 Å². The molecule has 6 nitrogen and oxygen atoms in total. The first-order valence-electron chi connectivity index (χ1n) is 4.58. The van der Waals surface area contributed by atoms with Crippen molar-refractivity contribution in [3.8, 4) is 0 Å². The lowest BCUT2D eigenvalue weighted by Crippen LogP contribution is -2.05. The fourth-order valence-electron chi connectivity index (χ4n) is 1.30. The Balaban J connectivity index is 2.43. The van der Waals surface area contributed by atoms with E-state index in [0.717, 1.165) is 5.57 Å². The van der Waals surface area contributed by atoms with Crippen molar-refractivity contribution < 1.29 is 4.92 Å². The van der Waals surface area contributed by atoms with Gasteiger partial charge in [-0.25, -0.2) is 0 Å². The van der Waals surface area contributed by atoms with E-state index in [1.54, 1.807) is 11.6 Å². The zero-order chi connectivity index (χ0) is 11.7. The van der Waals surface area contributed by atoms with Gasteiger partial charge in [-0.2, -0.15) is 9.38 Å². The molecule has 0 bridgehead atoms. The van der Waals surface area contributed by atoms with Crippen LogP contribution in [0.25, 0.3) is 4.96 Å². The predicted octanol–water partition coefficient (Wildman–Crippen LogP) is 2.29. The monoisotopic (exact) mass is 238 g/mol. The molecule has 0 aromatic carbocycles. The van der Waals surface area contributed by atoms with E-state index < -0.39 is 4.92 Å². The van der Waals surface area contributed by atoms with Crippen molar-refractivity contribution in [3.63, 3.8) is 0 Å². The Labute approximate surface area is 95.4 Å². The molecule has 0 radical (unpaired) electrons. The third-order valence-electron chi connectivity index (χ3n) is 1.97. The first-order valence-corrected chi connectivity index (χ1v) is 5.45. The van der Waals surface area contributed by atoms with Gasteiger partial charge in [-0.15, -0.1) is 0 Å². The lowest BCUT2D eigenvalue weighted by molar-refractivity contribution is -0.389. The van der Waals surface area contributed by atoms with Crippen LogP contribution in [0.2, 0.25) is 0 Å². The van der Waals surface area contributed by atoms with Crippen LogP contribution in [0, 0.1) is 10.1 Å². The van der Waals surface area contributed by atoms with E-state index in [1.807, 2.05) is 6.92 Å². The molecule has 1 N–H and O–H groups in total. The quantitative estimate of drug-likeness (QED) is 0.504. The molecule has 2 aromatic heterocycles. The topological polar surface area (TPSA) is 72.5 Å². The average Bonchev–Trinajstić information content (AvgIpc) is 2.71. The molecular formula is C9H10N4O2S. The van der Waals surface area contributed by atoms with Gasteiger partial charge in [0.05, 0.1) is 0 Å². The van der Waals surface area contributed by atoms with Crippen molar-refractivity contribution in [2.45, 2.75) is 6.92 Å². The molecule has 2 heterocycles. The molecule has 0 aliphatic carbocycles. The summed E-state index contributed by atoms with van der Waals surface area (Å²) in [6, 6.07) is 0. The van der Waals surface area contributed by atoms with E-state index in [1.165, 1.54) is 15.7 Å². The van der Waals surface area contributed by atoms with Gasteiger partial charge in [0.1, 0.15) is 6.20 Å². The van der Waals surface area contributed by atoms with Gasteiger partial charge in [0, 0.05) is 11.9 Å². The number of nitrogens with one attached hydrogen (secondary N) is 1. The smallest absolute Gasteiger partial charge is 0.359 e. The Kier molecular flexibility index (Phi) is 2.61. The van der Waals surface area contributed by atoms with Gasteiger partial charge in [-0.05, 0) is 11.8 Å². The third-order valence-corrected chi connectivity index (χ3v) is 2.72. The van der Waals surface area contributed by atoms with Crippen LogP contribution in [-0.2, 0) is 0 Å². The third kappa shape index (κ3) is 1.76. The van der Waals surface area contributed by atoms with Crippen molar-refractivity contribution in [2.75, 3.05) is 11.9 Å². The first-order chi connectivity index (χ1) is 7.59. The summed E-state index contributed by atoms with van der Waals surface area (Å²) in [5, 5.41) is 15.6. The number of nitro groups is 1. The predicted molar refractivity (Wildman–Crippen MR) is 63.0 cm³/mol. The average molecular weight is 238 g/mol. The highest BCUT2D eigenvalue weighted by Gasteiger charge is 2.22. The Morgan fingerprint density at radius 3 is 3.19 bits per heavy atom. The SMILES string of the molecule is C=C(C)CNc1nc2sccn2c1[N+](=O)[O-]. The van der Waals surface area contributed by atoms with Crippen molar-refractivity contribution in [2.24, 2.45) is 0 Å². The minimum Gasteiger partial charge on any atom is -0.359 e. The van der Waals surface area contributed by atoms with Crippen molar-refractivity contribution in [1.29, 1.82) is 0 Å². The number of nitrogens with zero attached hydrogens (tertiary/aromatic N) is 3. The molecule has 0 atom stereocenters. The lowest BCUT2D eigenvalue weighted by Gasteiger charge is -2.01. The largest absolute Gasteiger partial charge is 0.372 e. The Bertz CT molecular complexity index is 557. The molecule has 0 amide bonds. The van der Waals surface area contributed by atoms with Crippen LogP contribution in [0.1, 0.15) is 6.92 Å². The molecule has 0 fully saturated rings. The molecule has 0 aliphatic rings. The zero-order valence-corrected chi connectivity index (χ0v) is 9.45. The fourth-order valence-corrected chi connectivity index (χ4v) is 2.01. The number of imidazole rings is 1. The van der Waals surface area contributed by atoms with Gasteiger partial charge >= 0.3 is 5.82 Å². The minimum absolute atomic E-state index is 0.0301. The second-order valence-corrected chi connectivity index (χ2v) is 4.28. The number of fused-ring (bicyclic) bond motifs is 1. The number of rotatable bonds is 4. The van der Waals surface area contributed by atoms with E-state index in [2.05, 4.69) is 16.9 Å². The fraction of sp³-hybridized carbons (Fsp3) is 0.222. The van der Waals surface area contributed by atoms with Crippen LogP contribution < -0.4 is 5.32 Å². The summed E-state index contributed by atoms with van der Waals surface area (Å²) in [4.78, 5) is 15.3. The molecule has 84 valence electrons. The van der Waals surface area contributed by atoms with E-state index in [0.29, 0.717) is 17.3 Å². The van der Waals surface area contributed by atoms with Gasteiger partial charge in [0.25, 0.3) is 4.96 Å². The van der Waals surface area contributed by atoms with Crippen LogP contribution in [0.5, 0.6) is 0 Å². The second kappa shape index (κ2) is 3.93. The first kappa shape index (κ1) is 10.6. The second-order valence-electron chi connectivity index (χ2n) is 3.41. The van der Waals surface area contributed by atoms with E-state index in [-0.39, 0.29) is 5.82 Å². The number of thiazole rings is 1. The van der Waals surface area contributed by atoms with E-state index in [9.17, 15) is 10.1 Å². The van der Waals surface area contributed by atoms with Crippen LogP contribution in [0.3, 0.4) is 0 Å². The molecule has 0 spiro atoms. The summed E-state index contributed by atoms with van der Waals surface area (Å²) in [5.74, 6) is 0.261. The molecule has 0 saturated carbocycles. The molecule has 7 heteroatoms. The molecule has 16 heavy (non-hydrogen) atoms. The Morgan fingerprint density at radius 2 is 2.56 bits per heavy atom.